The molecule has 1 atom stereocenters. The number of hydrogen-bond acceptors (Lipinski definition) is 3. The molecule has 8 heteroatoms. The molecule has 2 aromatic carbocycles. The minimum absolute atomic E-state index is 0.0282. The van der Waals surface area contributed by atoms with E-state index in [1.54, 1.807) is 4.90 Å². The standard InChI is InChI=1S/C20H18F3N3O2/c1-13(27)24-10-16-11-25(15-8-6-14(7-9-15)20(21,22)23)17-4-2-3-5-18(17)26(16)19(28)12-24/h2-9,16H,10-12H2,1H3/t16-/m0/s1. The van der Waals surface area contributed by atoms with Gasteiger partial charge in [0, 0.05) is 25.7 Å². The van der Waals surface area contributed by atoms with E-state index in [1.165, 1.54) is 24.0 Å². The highest BCUT2D eigenvalue weighted by Gasteiger charge is 2.40. The molecule has 28 heavy (non-hydrogen) atoms. The predicted octanol–water partition coefficient (Wildman–Crippen LogP) is 3.42. The number of amides is 2. The molecule has 4 rings (SSSR count). The zero-order valence-electron chi connectivity index (χ0n) is 15.1. The second-order valence-corrected chi connectivity index (χ2v) is 6.96. The summed E-state index contributed by atoms with van der Waals surface area (Å²) in [6, 6.07) is 12.0. The first kappa shape index (κ1) is 18.3. The van der Waals surface area contributed by atoms with Crippen molar-refractivity contribution in [3.8, 4) is 0 Å². The smallest absolute Gasteiger partial charge is 0.338 e. The van der Waals surface area contributed by atoms with Gasteiger partial charge in [0.25, 0.3) is 0 Å². The fraction of sp³-hybridized carbons (Fsp3) is 0.300. The Kier molecular flexibility index (Phi) is 4.28. The Morgan fingerprint density at radius 3 is 2.25 bits per heavy atom. The Hall–Kier alpha value is -3.03. The summed E-state index contributed by atoms with van der Waals surface area (Å²) in [6.07, 6.45) is -4.40. The number of benzene rings is 2. The summed E-state index contributed by atoms with van der Waals surface area (Å²) in [6.45, 7) is 2.22. The third-order valence-corrected chi connectivity index (χ3v) is 5.17. The highest BCUT2D eigenvalue weighted by atomic mass is 19.4. The lowest BCUT2D eigenvalue weighted by Crippen LogP contribution is -2.62. The Labute approximate surface area is 159 Å². The normalized spacial score (nSPS) is 19.4. The lowest BCUT2D eigenvalue weighted by molar-refractivity contribution is -0.137. The van der Waals surface area contributed by atoms with E-state index in [0.717, 1.165) is 17.8 Å². The number of halogens is 3. The van der Waals surface area contributed by atoms with Gasteiger partial charge < -0.3 is 14.7 Å². The van der Waals surface area contributed by atoms with E-state index in [4.69, 9.17) is 0 Å². The first-order chi connectivity index (χ1) is 13.3. The molecular weight excluding hydrogens is 371 g/mol. The minimum Gasteiger partial charge on any atom is -0.338 e. The molecule has 0 bridgehead atoms. The number of hydrogen-bond donors (Lipinski definition) is 0. The van der Waals surface area contributed by atoms with Crippen LogP contribution in [0.1, 0.15) is 12.5 Å². The summed E-state index contributed by atoms with van der Waals surface area (Å²) >= 11 is 0. The van der Waals surface area contributed by atoms with Crippen molar-refractivity contribution in [2.24, 2.45) is 0 Å². The van der Waals surface area contributed by atoms with Crippen LogP contribution in [0.25, 0.3) is 0 Å². The molecule has 1 saturated heterocycles. The molecule has 2 heterocycles. The molecule has 1 fully saturated rings. The van der Waals surface area contributed by atoms with E-state index >= 15 is 0 Å². The van der Waals surface area contributed by atoms with E-state index in [-0.39, 0.29) is 24.4 Å². The van der Waals surface area contributed by atoms with Crippen LogP contribution < -0.4 is 9.80 Å². The summed E-state index contributed by atoms with van der Waals surface area (Å²) < 4.78 is 38.7. The summed E-state index contributed by atoms with van der Waals surface area (Å²) in [5.74, 6) is -0.334. The lowest BCUT2D eigenvalue weighted by atomic mass is 10.0. The molecule has 5 nitrogen and oxygen atoms in total. The topological polar surface area (TPSA) is 43.9 Å². The molecule has 0 unspecified atom stereocenters. The maximum Gasteiger partial charge on any atom is 0.416 e. The Balaban J connectivity index is 1.73. The molecule has 0 aromatic heterocycles. The van der Waals surface area contributed by atoms with Crippen LogP contribution >= 0.6 is 0 Å². The first-order valence-corrected chi connectivity index (χ1v) is 8.87. The fourth-order valence-corrected chi connectivity index (χ4v) is 3.83. The van der Waals surface area contributed by atoms with Crippen LogP contribution in [0.2, 0.25) is 0 Å². The van der Waals surface area contributed by atoms with Crippen molar-refractivity contribution < 1.29 is 22.8 Å². The van der Waals surface area contributed by atoms with Gasteiger partial charge in [-0.15, -0.1) is 0 Å². The number of piperazine rings is 1. The van der Waals surface area contributed by atoms with Crippen LogP contribution in [0.3, 0.4) is 0 Å². The van der Waals surface area contributed by atoms with Crippen LogP contribution in [0, 0.1) is 0 Å². The number of nitrogens with zero attached hydrogens (tertiary/aromatic N) is 3. The van der Waals surface area contributed by atoms with E-state index in [0.29, 0.717) is 24.5 Å². The first-order valence-electron chi connectivity index (χ1n) is 8.87. The summed E-state index contributed by atoms with van der Waals surface area (Å²) in [5.41, 5.74) is 1.35. The predicted molar refractivity (Wildman–Crippen MR) is 98.4 cm³/mol. The molecule has 2 aromatic rings. The Morgan fingerprint density at radius 2 is 1.64 bits per heavy atom. The van der Waals surface area contributed by atoms with Crippen molar-refractivity contribution in [3.63, 3.8) is 0 Å². The van der Waals surface area contributed by atoms with Crippen LogP contribution in [-0.2, 0) is 15.8 Å². The van der Waals surface area contributed by atoms with E-state index in [1.807, 2.05) is 29.2 Å². The average Bonchev–Trinajstić information content (AvgIpc) is 2.66. The third-order valence-electron chi connectivity index (χ3n) is 5.17. The van der Waals surface area contributed by atoms with Crippen LogP contribution in [0.15, 0.2) is 48.5 Å². The van der Waals surface area contributed by atoms with E-state index in [9.17, 15) is 22.8 Å². The molecule has 146 valence electrons. The molecule has 0 spiro atoms. The summed E-state index contributed by atoms with van der Waals surface area (Å²) in [4.78, 5) is 29.6. The number of carbonyl (C=O) groups excluding carboxylic acids is 2. The van der Waals surface area contributed by atoms with Crippen molar-refractivity contribution in [1.29, 1.82) is 0 Å². The number of alkyl halides is 3. The van der Waals surface area contributed by atoms with Gasteiger partial charge in [0.05, 0.1) is 23.0 Å². The fourth-order valence-electron chi connectivity index (χ4n) is 3.83. The quantitative estimate of drug-likeness (QED) is 0.751. The molecule has 2 aliphatic rings. The second kappa shape index (κ2) is 6.54. The van der Waals surface area contributed by atoms with Gasteiger partial charge in [-0.2, -0.15) is 13.2 Å². The molecule has 0 N–H and O–H groups in total. The zero-order valence-corrected chi connectivity index (χ0v) is 15.1. The molecule has 2 aliphatic heterocycles. The number of carbonyl (C=O) groups is 2. The number of para-hydroxylation sites is 2. The van der Waals surface area contributed by atoms with Gasteiger partial charge >= 0.3 is 6.18 Å². The second-order valence-electron chi connectivity index (χ2n) is 6.96. The molecule has 0 saturated carbocycles. The van der Waals surface area contributed by atoms with Crippen LogP contribution in [-0.4, -0.2) is 42.4 Å². The number of fused-ring (bicyclic) bond motifs is 3. The van der Waals surface area contributed by atoms with Crippen molar-refractivity contribution in [2.75, 3.05) is 29.4 Å². The van der Waals surface area contributed by atoms with Gasteiger partial charge in [0.1, 0.15) is 6.54 Å². The monoisotopic (exact) mass is 389 g/mol. The SMILES string of the molecule is CC(=O)N1CC(=O)N2c3ccccc3N(c3ccc(C(F)(F)F)cc3)C[C@@H]2C1. The summed E-state index contributed by atoms with van der Waals surface area (Å²) in [7, 11) is 0. The molecule has 0 aliphatic carbocycles. The maximum absolute atomic E-state index is 12.9. The maximum atomic E-state index is 12.9. The Bertz CT molecular complexity index is 927. The average molecular weight is 389 g/mol. The van der Waals surface area contributed by atoms with Gasteiger partial charge in [-0.3, -0.25) is 9.59 Å². The highest BCUT2D eigenvalue weighted by Crippen LogP contribution is 2.41. The molecule has 0 radical (unpaired) electrons. The van der Waals surface area contributed by atoms with Crippen LogP contribution in [0.5, 0.6) is 0 Å². The molecular formula is C20H18F3N3O2. The largest absolute Gasteiger partial charge is 0.416 e. The van der Waals surface area contributed by atoms with Gasteiger partial charge in [-0.25, -0.2) is 0 Å². The van der Waals surface area contributed by atoms with Crippen molar-refractivity contribution >= 4 is 28.9 Å². The van der Waals surface area contributed by atoms with Gasteiger partial charge in [-0.1, -0.05) is 12.1 Å². The lowest BCUT2D eigenvalue weighted by Gasteiger charge is -2.48. The molecule has 2 amide bonds. The van der Waals surface area contributed by atoms with Gasteiger partial charge in [-0.05, 0) is 36.4 Å². The zero-order chi connectivity index (χ0) is 20.1. The van der Waals surface area contributed by atoms with Crippen molar-refractivity contribution in [2.45, 2.75) is 19.1 Å². The Morgan fingerprint density at radius 1 is 1.00 bits per heavy atom. The van der Waals surface area contributed by atoms with Gasteiger partial charge in [0.15, 0.2) is 0 Å². The van der Waals surface area contributed by atoms with Crippen molar-refractivity contribution in [3.05, 3.63) is 54.1 Å². The number of rotatable bonds is 1. The summed E-state index contributed by atoms with van der Waals surface area (Å²) in [5, 5.41) is 0. The number of anilines is 3. The van der Waals surface area contributed by atoms with E-state index in [2.05, 4.69) is 0 Å². The van der Waals surface area contributed by atoms with Crippen molar-refractivity contribution in [1.82, 2.24) is 4.90 Å². The van der Waals surface area contributed by atoms with E-state index < -0.39 is 11.7 Å². The van der Waals surface area contributed by atoms with Crippen LogP contribution in [0.4, 0.5) is 30.2 Å². The van der Waals surface area contributed by atoms with Gasteiger partial charge in [0.2, 0.25) is 11.8 Å². The minimum atomic E-state index is -4.40. The highest BCUT2D eigenvalue weighted by molar-refractivity contribution is 6.02. The third kappa shape index (κ3) is 3.08.